The van der Waals surface area contributed by atoms with Crippen molar-refractivity contribution < 1.29 is 9.90 Å². The van der Waals surface area contributed by atoms with Crippen LogP contribution in [0.2, 0.25) is 0 Å². The Morgan fingerprint density at radius 2 is 2.10 bits per heavy atom. The van der Waals surface area contributed by atoms with Crippen molar-refractivity contribution >= 4 is 38.5 Å². The fourth-order valence-electron chi connectivity index (χ4n) is 2.76. The molecule has 0 amide bonds. The second-order valence-corrected chi connectivity index (χ2v) is 6.05. The van der Waals surface area contributed by atoms with Gasteiger partial charge in [-0.25, -0.2) is 4.79 Å². The van der Waals surface area contributed by atoms with Crippen LogP contribution in [0, 0.1) is 0 Å². The molecule has 2 N–H and O–H groups in total. The maximum absolute atomic E-state index is 11.4. The van der Waals surface area contributed by atoms with Gasteiger partial charge < -0.3 is 10.4 Å². The topological polar surface area (TPSA) is 62.2 Å². The lowest BCUT2D eigenvalue weighted by Crippen LogP contribution is -2.17. The van der Waals surface area contributed by atoms with Gasteiger partial charge in [0.1, 0.15) is 5.56 Å². The molecule has 4 nitrogen and oxygen atoms in total. The molecule has 1 heterocycles. The summed E-state index contributed by atoms with van der Waals surface area (Å²) < 4.78 is 0.920. The minimum Gasteiger partial charge on any atom is -0.478 e. The van der Waals surface area contributed by atoms with Gasteiger partial charge in [0.2, 0.25) is 0 Å². The highest BCUT2D eigenvalue weighted by Crippen LogP contribution is 2.31. The molecule has 0 aliphatic heterocycles. The molecular formula is C15H15BrN2O2. The predicted octanol–water partition coefficient (Wildman–Crippen LogP) is 4.05. The Hall–Kier alpha value is -1.62. The van der Waals surface area contributed by atoms with Gasteiger partial charge in [-0.05, 0) is 31.0 Å². The van der Waals surface area contributed by atoms with Gasteiger partial charge in [0.25, 0.3) is 0 Å². The quantitative estimate of drug-likeness (QED) is 0.888. The van der Waals surface area contributed by atoms with E-state index in [0.29, 0.717) is 11.7 Å². The van der Waals surface area contributed by atoms with Crippen LogP contribution in [-0.4, -0.2) is 22.1 Å². The number of hydrogen-bond acceptors (Lipinski definition) is 3. The highest BCUT2D eigenvalue weighted by molar-refractivity contribution is 9.10. The van der Waals surface area contributed by atoms with Crippen LogP contribution in [0.15, 0.2) is 28.9 Å². The average Bonchev–Trinajstić information content (AvgIpc) is 2.92. The fourth-order valence-corrected chi connectivity index (χ4v) is 3.12. The number of aromatic nitrogens is 1. The number of pyridine rings is 1. The first-order valence-corrected chi connectivity index (χ1v) is 7.52. The fraction of sp³-hybridized carbons (Fsp3) is 0.333. The van der Waals surface area contributed by atoms with Crippen LogP contribution in [0.4, 0.5) is 5.69 Å². The van der Waals surface area contributed by atoms with Crippen LogP contribution in [0.3, 0.4) is 0 Å². The van der Waals surface area contributed by atoms with Crippen molar-refractivity contribution in [3.05, 3.63) is 34.4 Å². The molecule has 1 aromatic heterocycles. The summed E-state index contributed by atoms with van der Waals surface area (Å²) in [7, 11) is 0. The van der Waals surface area contributed by atoms with E-state index in [1.807, 2.05) is 18.2 Å². The van der Waals surface area contributed by atoms with Crippen LogP contribution in [0.1, 0.15) is 36.0 Å². The molecule has 0 saturated heterocycles. The van der Waals surface area contributed by atoms with Gasteiger partial charge in [0.05, 0.1) is 11.2 Å². The number of nitrogens with zero attached hydrogens (tertiary/aromatic N) is 1. The molecule has 20 heavy (non-hydrogen) atoms. The third-order valence-corrected chi connectivity index (χ3v) is 4.26. The zero-order chi connectivity index (χ0) is 14.1. The van der Waals surface area contributed by atoms with E-state index in [9.17, 15) is 9.90 Å². The van der Waals surface area contributed by atoms with Crippen molar-refractivity contribution in [3.63, 3.8) is 0 Å². The first-order chi connectivity index (χ1) is 9.65. The average molecular weight is 335 g/mol. The second-order valence-electron chi connectivity index (χ2n) is 5.14. The Balaban J connectivity index is 2.14. The summed E-state index contributed by atoms with van der Waals surface area (Å²) in [5.41, 5.74) is 1.73. The number of fused-ring (bicyclic) bond motifs is 1. The zero-order valence-corrected chi connectivity index (χ0v) is 12.5. The van der Waals surface area contributed by atoms with E-state index in [-0.39, 0.29) is 5.56 Å². The van der Waals surface area contributed by atoms with Crippen LogP contribution < -0.4 is 5.32 Å². The number of benzene rings is 1. The number of anilines is 1. The van der Waals surface area contributed by atoms with E-state index in [1.165, 1.54) is 19.0 Å². The SMILES string of the molecule is O=C(O)c1cnc2ccc(Br)cc2c1NC1CCCC1. The van der Waals surface area contributed by atoms with E-state index in [1.54, 1.807) is 0 Å². The van der Waals surface area contributed by atoms with E-state index >= 15 is 0 Å². The molecule has 1 aliphatic carbocycles. The maximum Gasteiger partial charge on any atom is 0.339 e. The molecule has 0 radical (unpaired) electrons. The van der Waals surface area contributed by atoms with Crippen molar-refractivity contribution in [2.24, 2.45) is 0 Å². The molecule has 1 aliphatic rings. The van der Waals surface area contributed by atoms with Crippen molar-refractivity contribution in [1.29, 1.82) is 0 Å². The number of nitrogens with one attached hydrogen (secondary N) is 1. The number of rotatable bonds is 3. The molecule has 1 saturated carbocycles. The van der Waals surface area contributed by atoms with E-state index in [4.69, 9.17) is 0 Å². The largest absolute Gasteiger partial charge is 0.478 e. The van der Waals surface area contributed by atoms with Crippen LogP contribution >= 0.6 is 15.9 Å². The number of halogens is 1. The standard InChI is InChI=1S/C15H15BrN2O2/c16-9-5-6-13-11(7-9)14(12(8-17-13)15(19)20)18-10-3-1-2-4-10/h5-8,10H,1-4H2,(H,17,18)(H,19,20). The summed E-state index contributed by atoms with van der Waals surface area (Å²) in [6, 6.07) is 6.09. The molecule has 104 valence electrons. The van der Waals surface area contributed by atoms with Gasteiger partial charge in [0, 0.05) is 22.1 Å². The normalized spacial score (nSPS) is 15.7. The zero-order valence-electron chi connectivity index (χ0n) is 10.9. The van der Waals surface area contributed by atoms with E-state index in [2.05, 4.69) is 26.2 Å². The summed E-state index contributed by atoms with van der Waals surface area (Å²) in [4.78, 5) is 15.7. The number of hydrogen-bond donors (Lipinski definition) is 2. The molecule has 1 fully saturated rings. The summed E-state index contributed by atoms with van der Waals surface area (Å²) in [5, 5.41) is 13.6. The maximum atomic E-state index is 11.4. The predicted molar refractivity (Wildman–Crippen MR) is 82.3 cm³/mol. The van der Waals surface area contributed by atoms with Gasteiger partial charge in [-0.15, -0.1) is 0 Å². The summed E-state index contributed by atoms with van der Waals surface area (Å²) >= 11 is 3.44. The third-order valence-electron chi connectivity index (χ3n) is 3.76. The van der Waals surface area contributed by atoms with Gasteiger partial charge >= 0.3 is 5.97 Å². The lowest BCUT2D eigenvalue weighted by atomic mass is 10.1. The van der Waals surface area contributed by atoms with Crippen LogP contribution in [0.5, 0.6) is 0 Å². The number of carbonyl (C=O) groups is 1. The Kier molecular flexibility index (Phi) is 3.61. The third kappa shape index (κ3) is 2.50. The Bertz CT molecular complexity index is 666. The summed E-state index contributed by atoms with van der Waals surface area (Å²) in [6.07, 6.45) is 6.03. The number of carboxylic acids is 1. The van der Waals surface area contributed by atoms with Gasteiger partial charge in [-0.1, -0.05) is 28.8 Å². The van der Waals surface area contributed by atoms with Crippen molar-refractivity contribution in [2.75, 3.05) is 5.32 Å². The number of carboxylic acid groups (broad SMARTS) is 1. The van der Waals surface area contributed by atoms with Gasteiger partial charge in [-0.2, -0.15) is 0 Å². The van der Waals surface area contributed by atoms with E-state index < -0.39 is 5.97 Å². The lowest BCUT2D eigenvalue weighted by Gasteiger charge is -2.17. The van der Waals surface area contributed by atoms with Gasteiger partial charge in [-0.3, -0.25) is 4.98 Å². The first-order valence-electron chi connectivity index (χ1n) is 6.73. The highest BCUT2D eigenvalue weighted by Gasteiger charge is 2.20. The Labute approximate surface area is 125 Å². The Morgan fingerprint density at radius 3 is 2.80 bits per heavy atom. The monoisotopic (exact) mass is 334 g/mol. The summed E-state index contributed by atoms with van der Waals surface area (Å²) in [5.74, 6) is -0.945. The molecule has 0 unspecified atom stereocenters. The second kappa shape index (κ2) is 5.40. The molecule has 0 spiro atoms. The molecule has 1 aromatic carbocycles. The first kappa shape index (κ1) is 13.4. The summed E-state index contributed by atoms with van der Waals surface area (Å²) in [6.45, 7) is 0. The smallest absolute Gasteiger partial charge is 0.339 e. The molecular weight excluding hydrogens is 320 g/mol. The van der Waals surface area contributed by atoms with E-state index in [0.717, 1.165) is 28.2 Å². The number of aromatic carboxylic acids is 1. The van der Waals surface area contributed by atoms with Gasteiger partial charge in [0.15, 0.2) is 0 Å². The Morgan fingerprint density at radius 1 is 1.35 bits per heavy atom. The molecule has 3 rings (SSSR count). The molecule has 0 atom stereocenters. The molecule has 0 bridgehead atoms. The molecule has 5 heteroatoms. The highest BCUT2D eigenvalue weighted by atomic mass is 79.9. The van der Waals surface area contributed by atoms with Crippen molar-refractivity contribution in [3.8, 4) is 0 Å². The molecule has 2 aromatic rings. The van der Waals surface area contributed by atoms with Crippen molar-refractivity contribution in [2.45, 2.75) is 31.7 Å². The minimum atomic E-state index is -0.945. The van der Waals surface area contributed by atoms with Crippen molar-refractivity contribution in [1.82, 2.24) is 4.98 Å². The lowest BCUT2D eigenvalue weighted by molar-refractivity contribution is 0.0697. The minimum absolute atomic E-state index is 0.238. The van der Waals surface area contributed by atoms with Crippen LogP contribution in [0.25, 0.3) is 10.9 Å². The van der Waals surface area contributed by atoms with Crippen LogP contribution in [-0.2, 0) is 0 Å².